The fraction of sp³-hybridized carbons (Fsp3) is 0.333. The molecule has 2 unspecified atom stereocenters. The maximum absolute atomic E-state index is 12.5. The number of para-hydroxylation sites is 2. The molecule has 6 nitrogen and oxygen atoms in total. The molecule has 0 spiro atoms. The number of anilines is 1. The number of ether oxygens (including phenoxy) is 1. The molecule has 6 heteroatoms. The van der Waals surface area contributed by atoms with Crippen molar-refractivity contribution in [3.05, 3.63) is 59.7 Å². The van der Waals surface area contributed by atoms with Gasteiger partial charge in [0, 0.05) is 25.2 Å². The lowest BCUT2D eigenvalue weighted by molar-refractivity contribution is -0.0704. The van der Waals surface area contributed by atoms with E-state index in [1.807, 2.05) is 48.5 Å². The summed E-state index contributed by atoms with van der Waals surface area (Å²) in [5.74, 6) is 0.288. The van der Waals surface area contributed by atoms with E-state index < -0.39 is 0 Å². The molecule has 2 atom stereocenters. The normalized spacial score (nSPS) is 20.7. The molecule has 140 valence electrons. The van der Waals surface area contributed by atoms with Gasteiger partial charge in [-0.05, 0) is 43.7 Å². The molecular weight excluding hydrogens is 340 g/mol. The summed E-state index contributed by atoms with van der Waals surface area (Å²) >= 11 is 0. The van der Waals surface area contributed by atoms with Gasteiger partial charge in [-0.1, -0.05) is 24.3 Å². The number of imidazole rings is 1. The number of H-pyrrole nitrogens is 1. The molecule has 0 bridgehead atoms. The fourth-order valence-electron chi connectivity index (χ4n) is 3.62. The van der Waals surface area contributed by atoms with Gasteiger partial charge in [0.15, 0.2) is 0 Å². The van der Waals surface area contributed by atoms with Crippen molar-refractivity contribution < 1.29 is 9.53 Å². The molecule has 27 heavy (non-hydrogen) atoms. The number of hydrogen-bond donors (Lipinski definition) is 2. The Morgan fingerprint density at radius 2 is 1.85 bits per heavy atom. The van der Waals surface area contributed by atoms with E-state index in [9.17, 15) is 4.79 Å². The van der Waals surface area contributed by atoms with Gasteiger partial charge in [0.05, 0.1) is 23.2 Å². The summed E-state index contributed by atoms with van der Waals surface area (Å²) in [6, 6.07) is 15.4. The first kappa shape index (κ1) is 17.7. The fourth-order valence-corrected chi connectivity index (χ4v) is 3.62. The molecule has 1 saturated heterocycles. The topological polar surface area (TPSA) is 70.2 Å². The lowest BCUT2D eigenvalue weighted by atomic mass is 10.1. The zero-order chi connectivity index (χ0) is 18.8. The summed E-state index contributed by atoms with van der Waals surface area (Å²) in [7, 11) is 0. The van der Waals surface area contributed by atoms with Crippen LogP contribution in [0.25, 0.3) is 11.0 Å². The first-order chi connectivity index (χ1) is 13.1. The number of fused-ring (bicyclic) bond motifs is 1. The van der Waals surface area contributed by atoms with Crippen LogP contribution in [0.4, 0.5) is 5.95 Å². The van der Waals surface area contributed by atoms with Crippen LogP contribution in [0.5, 0.6) is 0 Å². The predicted octanol–water partition coefficient (Wildman–Crippen LogP) is 3.42. The molecule has 3 aromatic rings. The van der Waals surface area contributed by atoms with E-state index in [0.29, 0.717) is 11.5 Å². The average Bonchev–Trinajstić information content (AvgIpc) is 3.03. The van der Waals surface area contributed by atoms with Gasteiger partial charge < -0.3 is 9.72 Å². The van der Waals surface area contributed by atoms with E-state index in [4.69, 9.17) is 4.74 Å². The van der Waals surface area contributed by atoms with Crippen molar-refractivity contribution >= 4 is 22.9 Å². The first-order valence-corrected chi connectivity index (χ1v) is 9.29. The molecule has 0 saturated carbocycles. The maximum Gasteiger partial charge on any atom is 0.257 e. The number of hydrogen-bond acceptors (Lipinski definition) is 4. The third-order valence-electron chi connectivity index (χ3n) is 4.74. The molecule has 1 amide bonds. The van der Waals surface area contributed by atoms with E-state index in [1.54, 1.807) is 0 Å². The second-order valence-electron chi connectivity index (χ2n) is 7.21. The smallest absolute Gasteiger partial charge is 0.257 e. The van der Waals surface area contributed by atoms with Gasteiger partial charge in [-0.25, -0.2) is 4.98 Å². The van der Waals surface area contributed by atoms with Crippen molar-refractivity contribution in [2.45, 2.75) is 32.6 Å². The number of amides is 1. The Labute approximate surface area is 158 Å². The molecule has 1 aromatic heterocycles. The van der Waals surface area contributed by atoms with Crippen LogP contribution in [0, 0.1) is 0 Å². The van der Waals surface area contributed by atoms with Gasteiger partial charge in [0.1, 0.15) is 0 Å². The highest BCUT2D eigenvalue weighted by molar-refractivity contribution is 6.03. The minimum atomic E-state index is -0.172. The maximum atomic E-state index is 12.5. The van der Waals surface area contributed by atoms with Crippen LogP contribution in [0.3, 0.4) is 0 Å². The van der Waals surface area contributed by atoms with Gasteiger partial charge in [-0.15, -0.1) is 0 Å². The number of nitrogens with one attached hydrogen (secondary N) is 2. The van der Waals surface area contributed by atoms with E-state index >= 15 is 0 Å². The monoisotopic (exact) mass is 364 g/mol. The van der Waals surface area contributed by atoms with Gasteiger partial charge >= 0.3 is 0 Å². The Morgan fingerprint density at radius 3 is 2.56 bits per heavy atom. The lowest BCUT2D eigenvalue weighted by Gasteiger charge is -2.35. The van der Waals surface area contributed by atoms with E-state index in [2.05, 4.69) is 34.0 Å². The summed E-state index contributed by atoms with van der Waals surface area (Å²) in [4.78, 5) is 22.4. The van der Waals surface area contributed by atoms with Crippen molar-refractivity contribution in [2.75, 3.05) is 18.4 Å². The molecule has 2 aromatic carbocycles. The number of benzene rings is 2. The van der Waals surface area contributed by atoms with Crippen molar-refractivity contribution in [2.24, 2.45) is 0 Å². The van der Waals surface area contributed by atoms with Crippen LogP contribution in [-0.2, 0) is 11.3 Å². The van der Waals surface area contributed by atoms with Gasteiger partial charge in [0.25, 0.3) is 5.91 Å². The number of nitrogens with zero attached hydrogens (tertiary/aromatic N) is 2. The van der Waals surface area contributed by atoms with Crippen LogP contribution in [-0.4, -0.2) is 46.1 Å². The van der Waals surface area contributed by atoms with Gasteiger partial charge in [-0.3, -0.25) is 15.0 Å². The third kappa shape index (κ3) is 4.18. The Kier molecular flexibility index (Phi) is 4.92. The highest BCUT2D eigenvalue weighted by Gasteiger charge is 2.22. The molecule has 1 aliphatic rings. The second kappa shape index (κ2) is 7.50. The summed E-state index contributed by atoms with van der Waals surface area (Å²) < 4.78 is 5.78. The number of morpholine rings is 1. The van der Waals surface area contributed by atoms with Crippen molar-refractivity contribution in [1.29, 1.82) is 0 Å². The zero-order valence-electron chi connectivity index (χ0n) is 15.6. The van der Waals surface area contributed by atoms with Crippen LogP contribution in [0.2, 0.25) is 0 Å². The third-order valence-corrected chi connectivity index (χ3v) is 4.74. The van der Waals surface area contributed by atoms with Gasteiger partial charge in [0.2, 0.25) is 5.95 Å². The molecule has 1 aliphatic heterocycles. The number of carbonyl (C=O) groups is 1. The summed E-state index contributed by atoms with van der Waals surface area (Å²) in [5.41, 5.74) is 3.54. The molecule has 2 heterocycles. The minimum Gasteiger partial charge on any atom is -0.373 e. The van der Waals surface area contributed by atoms with E-state index in [-0.39, 0.29) is 18.1 Å². The van der Waals surface area contributed by atoms with E-state index in [1.165, 1.54) is 5.56 Å². The van der Waals surface area contributed by atoms with Gasteiger partial charge in [-0.2, -0.15) is 0 Å². The summed E-state index contributed by atoms with van der Waals surface area (Å²) in [6.45, 7) is 6.93. The Balaban J connectivity index is 1.40. The first-order valence-electron chi connectivity index (χ1n) is 9.29. The van der Waals surface area contributed by atoms with Crippen molar-refractivity contribution in [1.82, 2.24) is 14.9 Å². The highest BCUT2D eigenvalue weighted by Crippen LogP contribution is 2.16. The largest absolute Gasteiger partial charge is 0.373 e. The zero-order valence-corrected chi connectivity index (χ0v) is 15.6. The van der Waals surface area contributed by atoms with Crippen LogP contribution in [0.1, 0.15) is 29.8 Å². The molecule has 0 radical (unpaired) electrons. The summed E-state index contributed by atoms with van der Waals surface area (Å²) in [5, 5.41) is 2.83. The molecule has 4 rings (SSSR count). The second-order valence-corrected chi connectivity index (χ2v) is 7.21. The summed E-state index contributed by atoms with van der Waals surface area (Å²) in [6.07, 6.45) is 0.505. The molecule has 1 fully saturated rings. The number of aromatic amines is 1. The molecule has 2 N–H and O–H groups in total. The Morgan fingerprint density at radius 1 is 1.15 bits per heavy atom. The van der Waals surface area contributed by atoms with Crippen molar-refractivity contribution in [3.63, 3.8) is 0 Å². The molecular formula is C21H24N4O2. The predicted molar refractivity (Wildman–Crippen MR) is 106 cm³/mol. The average molecular weight is 364 g/mol. The number of carbonyl (C=O) groups excluding carboxylic acids is 1. The number of aromatic nitrogens is 2. The highest BCUT2D eigenvalue weighted by atomic mass is 16.5. The molecule has 0 aliphatic carbocycles. The Bertz CT molecular complexity index is 892. The minimum absolute atomic E-state index is 0.172. The van der Waals surface area contributed by atoms with Crippen LogP contribution < -0.4 is 5.32 Å². The van der Waals surface area contributed by atoms with Crippen molar-refractivity contribution in [3.8, 4) is 0 Å². The van der Waals surface area contributed by atoms with Crippen LogP contribution in [0.15, 0.2) is 48.5 Å². The Hall–Kier alpha value is -2.70. The SMILES string of the molecule is CC1CN(Cc2ccc(C(=O)Nc3nc4ccccc4[nH]3)cc2)CC(C)O1. The number of rotatable bonds is 4. The van der Waals surface area contributed by atoms with E-state index in [0.717, 1.165) is 30.7 Å². The standard InChI is InChI=1S/C21H24N4O2/c1-14-11-25(12-15(2)27-14)13-16-7-9-17(10-8-16)20(26)24-21-22-18-5-3-4-6-19(18)23-21/h3-10,14-15H,11-13H2,1-2H3,(H2,22,23,24,26). The van der Waals surface area contributed by atoms with Crippen LogP contribution >= 0.6 is 0 Å². The quantitative estimate of drug-likeness (QED) is 0.744. The lowest BCUT2D eigenvalue weighted by Crippen LogP contribution is -2.44.